The molecular weight excluding hydrogens is 270 g/mol. The van der Waals surface area contributed by atoms with Crippen LogP contribution in [-0.4, -0.2) is 25.3 Å². The molecule has 1 saturated carbocycles. The van der Waals surface area contributed by atoms with Gasteiger partial charge in [-0.15, -0.1) is 0 Å². The second kappa shape index (κ2) is 4.64. The highest BCUT2D eigenvalue weighted by atomic mass is 32.2. The topological polar surface area (TPSA) is 70.8 Å². The first kappa shape index (κ1) is 12.1. The molecule has 0 bridgehead atoms. The molecule has 0 aromatic carbocycles. The Morgan fingerprint density at radius 1 is 1.50 bits per heavy atom. The van der Waals surface area contributed by atoms with Gasteiger partial charge in [-0.25, -0.2) is 4.98 Å². The molecule has 0 aliphatic heterocycles. The second-order valence-corrected chi connectivity index (χ2v) is 7.01. The van der Waals surface area contributed by atoms with Crippen molar-refractivity contribution in [3.63, 3.8) is 0 Å². The van der Waals surface area contributed by atoms with Crippen LogP contribution in [0.1, 0.15) is 31.7 Å². The summed E-state index contributed by atoms with van der Waals surface area (Å²) in [5.41, 5.74) is 0.263. The van der Waals surface area contributed by atoms with E-state index in [0.717, 1.165) is 25.7 Å². The molecule has 2 heterocycles. The van der Waals surface area contributed by atoms with E-state index >= 15 is 0 Å². The molecule has 1 unspecified atom stereocenters. The molecule has 0 amide bonds. The van der Waals surface area contributed by atoms with Crippen LogP contribution in [-0.2, 0) is 11.2 Å². The summed E-state index contributed by atoms with van der Waals surface area (Å²) < 4.78 is 13.6. The molecule has 2 aromatic heterocycles. The first-order valence-electron chi connectivity index (χ1n) is 5.88. The molecule has 3 rings (SSSR count). The SMILES string of the molecule is C[S+]([O-])c1nc2c(=O)n(C3CCCC3)cnc2s1. The van der Waals surface area contributed by atoms with Gasteiger partial charge in [0.1, 0.15) is 6.26 Å². The van der Waals surface area contributed by atoms with Crippen LogP contribution in [0.2, 0.25) is 0 Å². The van der Waals surface area contributed by atoms with Crippen molar-refractivity contribution >= 4 is 32.9 Å². The highest BCUT2D eigenvalue weighted by Gasteiger charge is 2.22. The third kappa shape index (κ3) is 1.96. The predicted molar refractivity (Wildman–Crippen MR) is 71.5 cm³/mol. The van der Waals surface area contributed by atoms with Crippen molar-refractivity contribution < 1.29 is 4.55 Å². The standard InChI is InChI=1S/C11H13N3O2S2/c1-18(16)11-13-8-9(17-11)12-6-14(10(8)15)7-4-2-3-5-7/h6-7H,2-5H2,1H3. The van der Waals surface area contributed by atoms with Crippen molar-refractivity contribution in [1.29, 1.82) is 0 Å². The lowest BCUT2D eigenvalue weighted by Gasteiger charge is -2.11. The molecule has 0 N–H and O–H groups in total. The summed E-state index contributed by atoms with van der Waals surface area (Å²) in [6, 6.07) is 0.256. The molecule has 0 spiro atoms. The zero-order valence-corrected chi connectivity index (χ0v) is 11.6. The summed E-state index contributed by atoms with van der Waals surface area (Å²) >= 11 is 0.0759. The van der Waals surface area contributed by atoms with E-state index in [0.29, 0.717) is 14.7 Å². The molecular formula is C11H13N3O2S2. The van der Waals surface area contributed by atoms with E-state index in [1.807, 2.05) is 0 Å². The summed E-state index contributed by atoms with van der Waals surface area (Å²) in [4.78, 5) is 21.3. The molecule has 18 heavy (non-hydrogen) atoms. The first-order chi connectivity index (χ1) is 8.66. The average molecular weight is 283 g/mol. The van der Waals surface area contributed by atoms with Gasteiger partial charge in [-0.3, -0.25) is 9.36 Å². The Kier molecular flexibility index (Phi) is 3.13. The van der Waals surface area contributed by atoms with Crippen molar-refractivity contribution in [2.75, 3.05) is 6.26 Å². The molecule has 96 valence electrons. The van der Waals surface area contributed by atoms with Gasteiger partial charge in [-0.05, 0) is 24.2 Å². The smallest absolute Gasteiger partial charge is 0.304 e. The van der Waals surface area contributed by atoms with Gasteiger partial charge in [-0.2, -0.15) is 4.98 Å². The van der Waals surface area contributed by atoms with Gasteiger partial charge in [0.25, 0.3) is 5.56 Å². The monoisotopic (exact) mass is 283 g/mol. The van der Waals surface area contributed by atoms with Gasteiger partial charge in [0.2, 0.25) is 0 Å². The van der Waals surface area contributed by atoms with E-state index in [1.54, 1.807) is 17.2 Å². The van der Waals surface area contributed by atoms with Crippen molar-refractivity contribution in [3.8, 4) is 0 Å². The lowest BCUT2D eigenvalue weighted by molar-refractivity contribution is 0.498. The zero-order valence-electron chi connectivity index (χ0n) is 9.96. The van der Waals surface area contributed by atoms with E-state index in [2.05, 4.69) is 9.97 Å². The summed E-state index contributed by atoms with van der Waals surface area (Å²) in [5.74, 6) is 0. The summed E-state index contributed by atoms with van der Waals surface area (Å²) in [7, 11) is 0. The molecule has 0 saturated heterocycles. The van der Waals surface area contributed by atoms with Gasteiger partial charge in [0.05, 0.1) is 6.33 Å². The normalized spacial score (nSPS) is 18.6. The van der Waals surface area contributed by atoms with Gasteiger partial charge in [-0.1, -0.05) is 12.8 Å². The van der Waals surface area contributed by atoms with Gasteiger partial charge in [0, 0.05) is 17.2 Å². The third-order valence-electron chi connectivity index (χ3n) is 3.29. The van der Waals surface area contributed by atoms with Crippen molar-refractivity contribution in [2.24, 2.45) is 0 Å². The van der Waals surface area contributed by atoms with Crippen LogP contribution in [0.15, 0.2) is 15.5 Å². The van der Waals surface area contributed by atoms with E-state index in [9.17, 15) is 9.35 Å². The highest BCUT2D eigenvalue weighted by Crippen LogP contribution is 2.29. The molecule has 1 atom stereocenters. The molecule has 1 fully saturated rings. The number of thiazole rings is 1. The van der Waals surface area contributed by atoms with Crippen LogP contribution in [0.25, 0.3) is 10.3 Å². The largest absolute Gasteiger partial charge is 0.610 e. The van der Waals surface area contributed by atoms with Crippen LogP contribution in [0, 0.1) is 0 Å². The van der Waals surface area contributed by atoms with E-state index in [-0.39, 0.29) is 11.6 Å². The van der Waals surface area contributed by atoms with Gasteiger partial charge < -0.3 is 4.55 Å². The first-order valence-corrected chi connectivity index (χ1v) is 8.25. The Morgan fingerprint density at radius 2 is 2.22 bits per heavy atom. The third-order valence-corrected chi connectivity index (χ3v) is 5.59. The number of nitrogens with zero attached hydrogens (tertiary/aromatic N) is 3. The van der Waals surface area contributed by atoms with E-state index in [1.165, 1.54) is 11.3 Å². The lowest BCUT2D eigenvalue weighted by Crippen LogP contribution is -2.23. The Morgan fingerprint density at radius 3 is 2.89 bits per heavy atom. The fraction of sp³-hybridized carbons (Fsp3) is 0.545. The van der Waals surface area contributed by atoms with Crippen LogP contribution >= 0.6 is 11.3 Å². The maximum Gasteiger partial charge on any atom is 0.304 e. The molecule has 2 aromatic rings. The van der Waals surface area contributed by atoms with E-state index < -0.39 is 11.2 Å². The summed E-state index contributed by atoms with van der Waals surface area (Å²) in [6.07, 6.45) is 7.56. The predicted octanol–water partition coefficient (Wildman–Crippen LogP) is 1.71. The minimum Gasteiger partial charge on any atom is -0.610 e. The average Bonchev–Trinajstić information content (AvgIpc) is 2.97. The Hall–Kier alpha value is -0.920. The van der Waals surface area contributed by atoms with Crippen molar-refractivity contribution in [1.82, 2.24) is 14.5 Å². The Bertz CT molecular complexity index is 629. The minimum absolute atomic E-state index is 0.0974. The van der Waals surface area contributed by atoms with E-state index in [4.69, 9.17) is 0 Å². The van der Waals surface area contributed by atoms with Crippen LogP contribution in [0.3, 0.4) is 0 Å². The van der Waals surface area contributed by atoms with Crippen molar-refractivity contribution in [2.45, 2.75) is 36.1 Å². The molecule has 5 nitrogen and oxygen atoms in total. The second-order valence-electron chi connectivity index (χ2n) is 4.48. The molecule has 1 aliphatic rings. The number of hydrogen-bond acceptors (Lipinski definition) is 5. The fourth-order valence-electron chi connectivity index (χ4n) is 2.37. The fourth-order valence-corrected chi connectivity index (χ4v) is 3.93. The van der Waals surface area contributed by atoms with Crippen LogP contribution in [0.5, 0.6) is 0 Å². The van der Waals surface area contributed by atoms with Crippen LogP contribution < -0.4 is 5.56 Å². The highest BCUT2D eigenvalue weighted by molar-refractivity contribution is 7.92. The molecule has 1 aliphatic carbocycles. The molecule has 7 heteroatoms. The maximum atomic E-state index is 12.3. The maximum absolute atomic E-state index is 12.3. The minimum atomic E-state index is -1.16. The Labute approximate surface area is 111 Å². The quantitative estimate of drug-likeness (QED) is 0.787. The summed E-state index contributed by atoms with van der Waals surface area (Å²) in [5, 5.41) is 0. The van der Waals surface area contributed by atoms with Gasteiger partial charge >= 0.3 is 4.34 Å². The number of aromatic nitrogens is 3. The Balaban J connectivity index is 2.13. The lowest BCUT2D eigenvalue weighted by atomic mass is 10.2. The van der Waals surface area contributed by atoms with Crippen LogP contribution in [0.4, 0.5) is 0 Å². The number of rotatable bonds is 2. The number of hydrogen-bond donors (Lipinski definition) is 0. The number of fused-ring (bicyclic) bond motifs is 1. The van der Waals surface area contributed by atoms with Crippen molar-refractivity contribution in [3.05, 3.63) is 16.7 Å². The molecule has 0 radical (unpaired) electrons. The zero-order chi connectivity index (χ0) is 12.7. The summed E-state index contributed by atoms with van der Waals surface area (Å²) in [6.45, 7) is 0. The van der Waals surface area contributed by atoms with Gasteiger partial charge in [0.15, 0.2) is 10.3 Å².